The molecule has 0 spiro atoms. The van der Waals surface area contributed by atoms with Gasteiger partial charge in [-0.2, -0.15) is 0 Å². The number of rotatable bonds is 3. The molecule has 0 aliphatic carbocycles. The van der Waals surface area contributed by atoms with Crippen molar-refractivity contribution in [2.24, 2.45) is 0 Å². The summed E-state index contributed by atoms with van der Waals surface area (Å²) < 4.78 is 18.2. The van der Waals surface area contributed by atoms with Gasteiger partial charge in [0, 0.05) is 0 Å². The number of nitrogens with one attached hydrogen (secondary N) is 1. The molecule has 0 atom stereocenters. The third kappa shape index (κ3) is 2.10. The van der Waals surface area contributed by atoms with Gasteiger partial charge in [-0.1, -0.05) is 19.1 Å². The smallest absolute Gasteiger partial charge is 0.245 e. The zero-order chi connectivity index (χ0) is 13.2. The van der Waals surface area contributed by atoms with E-state index in [0.29, 0.717) is 29.3 Å². The predicted molar refractivity (Wildman–Crippen MR) is 66.5 cm³/mol. The standard InChI is InChI=1S/C12H10FN5O/c1-2-8-10(15-9-6-4-3-5-7(9)13)16-12-11(14-8)17-19-18-12/h3-6H,2H2,1H3,(H,15,16,18). The molecule has 1 aromatic carbocycles. The number of halogens is 1. The average molecular weight is 259 g/mol. The van der Waals surface area contributed by atoms with E-state index in [4.69, 9.17) is 0 Å². The summed E-state index contributed by atoms with van der Waals surface area (Å²) in [7, 11) is 0. The molecule has 0 fully saturated rings. The van der Waals surface area contributed by atoms with E-state index in [2.05, 4.69) is 30.2 Å². The van der Waals surface area contributed by atoms with Gasteiger partial charge in [-0.15, -0.1) is 0 Å². The predicted octanol–water partition coefficient (Wildman–Crippen LogP) is 2.46. The van der Waals surface area contributed by atoms with Crippen molar-refractivity contribution in [3.05, 3.63) is 35.8 Å². The molecule has 7 heteroatoms. The molecule has 96 valence electrons. The number of para-hydroxylation sites is 1. The Bertz CT molecular complexity index is 727. The fraction of sp³-hybridized carbons (Fsp3) is 0.167. The molecule has 2 aromatic heterocycles. The van der Waals surface area contributed by atoms with E-state index >= 15 is 0 Å². The molecule has 0 aliphatic heterocycles. The number of hydrogen-bond acceptors (Lipinski definition) is 6. The monoisotopic (exact) mass is 259 g/mol. The molecule has 1 N–H and O–H groups in total. The van der Waals surface area contributed by atoms with Gasteiger partial charge in [-0.05, 0) is 28.9 Å². The minimum absolute atomic E-state index is 0.288. The van der Waals surface area contributed by atoms with Gasteiger partial charge in [0.25, 0.3) is 0 Å². The van der Waals surface area contributed by atoms with Gasteiger partial charge in [0.2, 0.25) is 11.3 Å². The van der Waals surface area contributed by atoms with Crippen LogP contribution in [0.1, 0.15) is 12.6 Å². The second-order valence-corrected chi connectivity index (χ2v) is 3.89. The van der Waals surface area contributed by atoms with E-state index in [1.54, 1.807) is 18.2 Å². The Morgan fingerprint density at radius 1 is 1.16 bits per heavy atom. The van der Waals surface area contributed by atoms with Crippen molar-refractivity contribution in [3.63, 3.8) is 0 Å². The largest absolute Gasteiger partial charge is 0.336 e. The van der Waals surface area contributed by atoms with Gasteiger partial charge in [0.1, 0.15) is 5.82 Å². The van der Waals surface area contributed by atoms with Crippen LogP contribution in [-0.2, 0) is 6.42 Å². The second kappa shape index (κ2) is 4.60. The lowest BCUT2D eigenvalue weighted by atomic mass is 10.2. The molecule has 6 nitrogen and oxygen atoms in total. The van der Waals surface area contributed by atoms with Crippen molar-refractivity contribution in [2.45, 2.75) is 13.3 Å². The van der Waals surface area contributed by atoms with Crippen LogP contribution in [0, 0.1) is 5.82 Å². The van der Waals surface area contributed by atoms with E-state index in [-0.39, 0.29) is 11.5 Å². The van der Waals surface area contributed by atoms with E-state index in [9.17, 15) is 4.39 Å². The molecule has 0 bridgehead atoms. The highest BCUT2D eigenvalue weighted by Gasteiger charge is 2.12. The van der Waals surface area contributed by atoms with Crippen molar-refractivity contribution in [2.75, 3.05) is 5.32 Å². The molecule has 3 rings (SSSR count). The maximum Gasteiger partial charge on any atom is 0.245 e. The quantitative estimate of drug-likeness (QED) is 0.778. The number of nitrogens with zero attached hydrogens (tertiary/aromatic N) is 4. The summed E-state index contributed by atoms with van der Waals surface area (Å²) in [6, 6.07) is 6.36. The lowest BCUT2D eigenvalue weighted by Crippen LogP contribution is -2.03. The van der Waals surface area contributed by atoms with Crippen LogP contribution < -0.4 is 5.32 Å². The van der Waals surface area contributed by atoms with Crippen molar-refractivity contribution < 1.29 is 9.02 Å². The van der Waals surface area contributed by atoms with Gasteiger partial charge in [0.05, 0.1) is 11.4 Å². The lowest BCUT2D eigenvalue weighted by molar-refractivity contribution is 0.314. The molecule has 0 saturated heterocycles. The van der Waals surface area contributed by atoms with Crippen LogP contribution in [0.25, 0.3) is 11.3 Å². The normalized spacial score (nSPS) is 10.8. The fourth-order valence-electron chi connectivity index (χ4n) is 1.71. The van der Waals surface area contributed by atoms with E-state index in [0.717, 1.165) is 0 Å². The van der Waals surface area contributed by atoms with Gasteiger partial charge in [0.15, 0.2) is 5.82 Å². The molecule has 0 unspecified atom stereocenters. The third-order valence-corrected chi connectivity index (χ3v) is 2.65. The van der Waals surface area contributed by atoms with Gasteiger partial charge < -0.3 is 5.32 Å². The molecule has 0 amide bonds. The van der Waals surface area contributed by atoms with Crippen molar-refractivity contribution >= 4 is 22.8 Å². The van der Waals surface area contributed by atoms with Crippen LogP contribution in [0.4, 0.5) is 15.9 Å². The highest BCUT2D eigenvalue weighted by molar-refractivity contribution is 5.69. The third-order valence-electron chi connectivity index (χ3n) is 2.65. The number of fused-ring (bicyclic) bond motifs is 1. The van der Waals surface area contributed by atoms with E-state index in [1.165, 1.54) is 6.07 Å². The SMILES string of the molecule is CCc1nc2nonc2nc1Nc1ccccc1F. The molecule has 19 heavy (non-hydrogen) atoms. The Balaban J connectivity index is 2.06. The summed E-state index contributed by atoms with van der Waals surface area (Å²) in [5, 5.41) is 10.2. The first-order chi connectivity index (χ1) is 9.28. The Morgan fingerprint density at radius 3 is 2.63 bits per heavy atom. The maximum atomic E-state index is 13.6. The summed E-state index contributed by atoms with van der Waals surface area (Å²) in [6.07, 6.45) is 0.632. The number of aryl methyl sites for hydroxylation is 1. The number of aromatic nitrogens is 4. The molecule has 0 radical (unpaired) electrons. The first-order valence-corrected chi connectivity index (χ1v) is 5.78. The first-order valence-electron chi connectivity index (χ1n) is 5.78. The topological polar surface area (TPSA) is 76.7 Å². The molecule has 2 heterocycles. The van der Waals surface area contributed by atoms with Crippen LogP contribution >= 0.6 is 0 Å². The average Bonchev–Trinajstić information content (AvgIpc) is 2.87. The molecular weight excluding hydrogens is 249 g/mol. The van der Waals surface area contributed by atoms with Crippen molar-refractivity contribution in [3.8, 4) is 0 Å². The summed E-state index contributed by atoms with van der Waals surface area (Å²) >= 11 is 0. The maximum absolute atomic E-state index is 13.6. The second-order valence-electron chi connectivity index (χ2n) is 3.89. The zero-order valence-corrected chi connectivity index (χ0v) is 10.1. The molecular formula is C12H10FN5O. The molecule has 0 saturated carbocycles. The first kappa shape index (κ1) is 11.5. The van der Waals surface area contributed by atoms with Crippen LogP contribution in [0.3, 0.4) is 0 Å². The summed E-state index contributed by atoms with van der Waals surface area (Å²) in [6.45, 7) is 1.93. The Hall–Kier alpha value is -2.57. The Labute approximate surface area is 107 Å². The van der Waals surface area contributed by atoms with Crippen LogP contribution in [0.2, 0.25) is 0 Å². The summed E-state index contributed by atoms with van der Waals surface area (Å²) in [5.74, 6) is 0.0977. The van der Waals surface area contributed by atoms with Crippen LogP contribution in [0.5, 0.6) is 0 Å². The zero-order valence-electron chi connectivity index (χ0n) is 10.1. The van der Waals surface area contributed by atoms with Gasteiger partial charge in [-0.3, -0.25) is 0 Å². The summed E-state index contributed by atoms with van der Waals surface area (Å²) in [5.41, 5.74) is 1.64. The minimum Gasteiger partial charge on any atom is -0.336 e. The van der Waals surface area contributed by atoms with E-state index < -0.39 is 0 Å². The van der Waals surface area contributed by atoms with Crippen molar-refractivity contribution in [1.82, 2.24) is 20.3 Å². The molecule has 3 aromatic rings. The van der Waals surface area contributed by atoms with Crippen LogP contribution in [-0.4, -0.2) is 20.3 Å². The van der Waals surface area contributed by atoms with Gasteiger partial charge >= 0.3 is 0 Å². The Morgan fingerprint density at radius 2 is 1.89 bits per heavy atom. The highest BCUT2D eigenvalue weighted by Crippen LogP contribution is 2.22. The van der Waals surface area contributed by atoms with Crippen LogP contribution in [0.15, 0.2) is 28.9 Å². The lowest BCUT2D eigenvalue weighted by Gasteiger charge is -2.09. The summed E-state index contributed by atoms with van der Waals surface area (Å²) in [4.78, 5) is 8.50. The highest BCUT2D eigenvalue weighted by atomic mass is 19.1. The van der Waals surface area contributed by atoms with Crippen molar-refractivity contribution in [1.29, 1.82) is 0 Å². The Kier molecular flexibility index (Phi) is 2.79. The number of benzene rings is 1. The number of anilines is 2. The minimum atomic E-state index is -0.357. The van der Waals surface area contributed by atoms with E-state index in [1.807, 2.05) is 6.92 Å². The van der Waals surface area contributed by atoms with Gasteiger partial charge in [-0.25, -0.2) is 19.0 Å². The molecule has 0 aliphatic rings. The fourth-order valence-corrected chi connectivity index (χ4v) is 1.71. The number of hydrogen-bond donors (Lipinski definition) is 1.